The van der Waals surface area contributed by atoms with Crippen molar-refractivity contribution in [2.75, 3.05) is 26.2 Å². The average molecular weight is 214 g/mol. The molecule has 0 radical (unpaired) electrons. The molecule has 0 saturated carbocycles. The number of carboxylic acid groups (broad SMARTS) is 1. The van der Waals surface area contributed by atoms with E-state index in [1.165, 1.54) is 0 Å². The number of aliphatic carboxylic acids is 1. The number of carboxylic acids is 1. The van der Waals surface area contributed by atoms with Gasteiger partial charge in [0.25, 0.3) is 0 Å². The third-order valence-electron chi connectivity index (χ3n) is 3.11. The molecule has 0 amide bonds. The smallest absolute Gasteiger partial charge is 0.307 e. The third-order valence-corrected chi connectivity index (χ3v) is 3.11. The number of rotatable bonds is 5. The van der Waals surface area contributed by atoms with Crippen LogP contribution in [-0.2, 0) is 4.79 Å². The van der Waals surface area contributed by atoms with E-state index >= 15 is 0 Å². The molecule has 0 aromatic carbocycles. The van der Waals surface area contributed by atoms with Crippen LogP contribution in [-0.4, -0.2) is 48.2 Å². The van der Waals surface area contributed by atoms with E-state index in [0.717, 1.165) is 32.5 Å². The van der Waals surface area contributed by atoms with E-state index in [0.29, 0.717) is 12.6 Å². The zero-order valence-corrected chi connectivity index (χ0v) is 9.70. The Hall–Kier alpha value is -0.610. The molecule has 1 rings (SSSR count). The molecule has 0 aliphatic carbocycles. The van der Waals surface area contributed by atoms with Crippen LogP contribution in [0.5, 0.6) is 0 Å². The lowest BCUT2D eigenvalue weighted by Gasteiger charge is -2.36. The van der Waals surface area contributed by atoms with E-state index in [-0.39, 0.29) is 5.92 Å². The number of piperidine rings is 1. The van der Waals surface area contributed by atoms with Crippen molar-refractivity contribution in [2.24, 2.45) is 5.92 Å². The Morgan fingerprint density at radius 2 is 2.20 bits per heavy atom. The van der Waals surface area contributed by atoms with Gasteiger partial charge in [-0.05, 0) is 25.9 Å². The maximum absolute atomic E-state index is 10.9. The third kappa shape index (κ3) is 3.47. The van der Waals surface area contributed by atoms with Gasteiger partial charge in [0.15, 0.2) is 0 Å². The summed E-state index contributed by atoms with van der Waals surface area (Å²) in [5, 5.41) is 12.2. The van der Waals surface area contributed by atoms with E-state index < -0.39 is 5.97 Å². The van der Waals surface area contributed by atoms with E-state index in [1.54, 1.807) is 0 Å². The molecule has 1 aliphatic heterocycles. The molecule has 15 heavy (non-hydrogen) atoms. The Balaban J connectivity index is 2.49. The van der Waals surface area contributed by atoms with Gasteiger partial charge in [-0.3, -0.25) is 9.69 Å². The highest BCUT2D eigenvalue weighted by atomic mass is 16.4. The van der Waals surface area contributed by atoms with Crippen LogP contribution in [0, 0.1) is 5.92 Å². The number of hydrogen-bond donors (Lipinski definition) is 2. The predicted octanol–water partition coefficient (Wildman–Crippen LogP) is 0.781. The second-order valence-corrected chi connectivity index (χ2v) is 4.21. The lowest BCUT2D eigenvalue weighted by molar-refractivity contribution is -0.143. The number of hydrogen-bond acceptors (Lipinski definition) is 3. The van der Waals surface area contributed by atoms with Crippen LogP contribution in [0.25, 0.3) is 0 Å². The van der Waals surface area contributed by atoms with Crippen molar-refractivity contribution < 1.29 is 9.90 Å². The fourth-order valence-electron chi connectivity index (χ4n) is 2.27. The molecule has 1 heterocycles. The van der Waals surface area contributed by atoms with Gasteiger partial charge in [0, 0.05) is 19.1 Å². The fraction of sp³-hybridized carbons (Fsp3) is 0.909. The van der Waals surface area contributed by atoms with Crippen molar-refractivity contribution in [1.82, 2.24) is 10.2 Å². The zero-order valence-electron chi connectivity index (χ0n) is 9.70. The Bertz CT molecular complexity index is 209. The van der Waals surface area contributed by atoms with E-state index in [9.17, 15) is 4.79 Å². The SMILES string of the molecule is CCCN(CC)[C@@H]1CNC[C@H](C(=O)O)C1. The fourth-order valence-corrected chi connectivity index (χ4v) is 2.27. The predicted molar refractivity (Wildman–Crippen MR) is 59.9 cm³/mol. The zero-order chi connectivity index (χ0) is 11.3. The van der Waals surface area contributed by atoms with Gasteiger partial charge in [-0.1, -0.05) is 13.8 Å². The molecule has 0 unspecified atom stereocenters. The summed E-state index contributed by atoms with van der Waals surface area (Å²) < 4.78 is 0. The number of likely N-dealkylation sites (N-methyl/N-ethyl adjacent to an activating group) is 1. The van der Waals surface area contributed by atoms with Gasteiger partial charge in [-0.15, -0.1) is 0 Å². The number of nitrogens with zero attached hydrogens (tertiary/aromatic N) is 1. The quantitative estimate of drug-likeness (QED) is 0.710. The molecule has 2 atom stereocenters. The van der Waals surface area contributed by atoms with Gasteiger partial charge < -0.3 is 10.4 Å². The van der Waals surface area contributed by atoms with Gasteiger partial charge >= 0.3 is 5.97 Å². The number of carbonyl (C=O) groups is 1. The molecule has 1 aliphatic rings. The molecular formula is C11H22N2O2. The lowest BCUT2D eigenvalue weighted by atomic mass is 9.94. The molecule has 1 fully saturated rings. The molecule has 4 nitrogen and oxygen atoms in total. The molecule has 0 bridgehead atoms. The normalized spacial score (nSPS) is 26.9. The minimum Gasteiger partial charge on any atom is -0.481 e. The Morgan fingerprint density at radius 3 is 2.73 bits per heavy atom. The van der Waals surface area contributed by atoms with Crippen LogP contribution in [0.1, 0.15) is 26.7 Å². The average Bonchev–Trinajstić information content (AvgIpc) is 2.26. The minimum atomic E-state index is -0.667. The van der Waals surface area contributed by atoms with Crippen LogP contribution in [0.3, 0.4) is 0 Å². The maximum atomic E-state index is 10.9. The highest BCUT2D eigenvalue weighted by Gasteiger charge is 2.29. The standard InChI is InChI=1S/C11H22N2O2/c1-3-5-13(4-2)10-6-9(11(14)15)7-12-8-10/h9-10,12H,3-8H2,1-2H3,(H,14,15)/t9-,10+/m1/s1. The van der Waals surface area contributed by atoms with Crippen LogP contribution < -0.4 is 5.32 Å². The van der Waals surface area contributed by atoms with Crippen molar-refractivity contribution in [1.29, 1.82) is 0 Å². The van der Waals surface area contributed by atoms with Crippen LogP contribution >= 0.6 is 0 Å². The summed E-state index contributed by atoms with van der Waals surface area (Å²) in [5.41, 5.74) is 0. The van der Waals surface area contributed by atoms with Crippen molar-refractivity contribution in [3.05, 3.63) is 0 Å². The van der Waals surface area contributed by atoms with E-state index in [2.05, 4.69) is 24.1 Å². The van der Waals surface area contributed by atoms with Crippen molar-refractivity contribution >= 4 is 5.97 Å². The molecule has 2 N–H and O–H groups in total. The van der Waals surface area contributed by atoms with Crippen molar-refractivity contribution in [3.63, 3.8) is 0 Å². The van der Waals surface area contributed by atoms with E-state index in [1.807, 2.05) is 0 Å². The lowest BCUT2D eigenvalue weighted by Crippen LogP contribution is -2.50. The van der Waals surface area contributed by atoms with Gasteiger partial charge in [-0.25, -0.2) is 0 Å². The first-order chi connectivity index (χ1) is 7.19. The second-order valence-electron chi connectivity index (χ2n) is 4.21. The Labute approximate surface area is 91.6 Å². The largest absolute Gasteiger partial charge is 0.481 e. The monoisotopic (exact) mass is 214 g/mol. The Morgan fingerprint density at radius 1 is 1.47 bits per heavy atom. The van der Waals surface area contributed by atoms with Gasteiger partial charge in [-0.2, -0.15) is 0 Å². The summed E-state index contributed by atoms with van der Waals surface area (Å²) in [7, 11) is 0. The molecule has 0 aromatic rings. The number of nitrogens with one attached hydrogen (secondary N) is 1. The van der Waals surface area contributed by atoms with Crippen LogP contribution in [0.4, 0.5) is 0 Å². The molecule has 0 aromatic heterocycles. The molecule has 88 valence electrons. The second kappa shape index (κ2) is 6.08. The highest BCUT2D eigenvalue weighted by Crippen LogP contribution is 2.16. The highest BCUT2D eigenvalue weighted by molar-refractivity contribution is 5.70. The first kappa shape index (κ1) is 12.5. The minimum absolute atomic E-state index is 0.213. The summed E-state index contributed by atoms with van der Waals surface area (Å²) >= 11 is 0. The van der Waals surface area contributed by atoms with Crippen molar-refractivity contribution in [2.45, 2.75) is 32.7 Å². The maximum Gasteiger partial charge on any atom is 0.307 e. The topological polar surface area (TPSA) is 52.6 Å². The Kier molecular flexibility index (Phi) is 5.05. The first-order valence-corrected chi connectivity index (χ1v) is 5.86. The summed E-state index contributed by atoms with van der Waals surface area (Å²) in [4.78, 5) is 13.3. The van der Waals surface area contributed by atoms with Crippen LogP contribution in [0.15, 0.2) is 0 Å². The van der Waals surface area contributed by atoms with Gasteiger partial charge in [0.1, 0.15) is 0 Å². The molecular weight excluding hydrogens is 192 g/mol. The summed E-state index contributed by atoms with van der Waals surface area (Å²) in [6, 6.07) is 0.393. The first-order valence-electron chi connectivity index (χ1n) is 5.86. The van der Waals surface area contributed by atoms with E-state index in [4.69, 9.17) is 5.11 Å². The van der Waals surface area contributed by atoms with Gasteiger partial charge in [0.05, 0.1) is 5.92 Å². The van der Waals surface area contributed by atoms with Crippen LogP contribution in [0.2, 0.25) is 0 Å². The molecule has 0 spiro atoms. The summed E-state index contributed by atoms with van der Waals surface area (Å²) in [6.07, 6.45) is 1.91. The van der Waals surface area contributed by atoms with Gasteiger partial charge in [0.2, 0.25) is 0 Å². The van der Waals surface area contributed by atoms with Crippen molar-refractivity contribution in [3.8, 4) is 0 Å². The molecule has 4 heteroatoms. The summed E-state index contributed by atoms with van der Waals surface area (Å²) in [5.74, 6) is -0.880. The summed E-state index contributed by atoms with van der Waals surface area (Å²) in [6.45, 7) is 7.92. The molecule has 1 saturated heterocycles.